The first-order valence-electron chi connectivity index (χ1n) is 5.27. The minimum Gasteiger partial charge on any atom is -0.493 e. The van der Waals surface area contributed by atoms with Crippen LogP contribution < -0.4 is 4.74 Å². The van der Waals surface area contributed by atoms with Gasteiger partial charge in [0, 0.05) is 18.4 Å². The molecule has 1 aromatic carbocycles. The minimum absolute atomic E-state index is 0.182. The summed E-state index contributed by atoms with van der Waals surface area (Å²) in [5.41, 5.74) is 2.16. The van der Waals surface area contributed by atoms with E-state index in [2.05, 4.69) is 0 Å². The molecule has 2 nitrogen and oxygen atoms in total. The predicted molar refractivity (Wildman–Crippen MR) is 59.8 cm³/mol. The Bertz CT molecular complexity index is 405. The first-order valence-corrected chi connectivity index (χ1v) is 5.27. The van der Waals surface area contributed by atoms with E-state index < -0.39 is 0 Å². The number of ether oxygens (including phenoxy) is 1. The number of rotatable bonds is 2. The molecule has 0 fully saturated rings. The third kappa shape index (κ3) is 2.09. The predicted octanol–water partition coefficient (Wildman–Crippen LogP) is 2.83. The number of benzene rings is 1. The largest absolute Gasteiger partial charge is 0.493 e. The van der Waals surface area contributed by atoms with Crippen molar-refractivity contribution in [2.75, 3.05) is 6.61 Å². The second kappa shape index (κ2) is 4.30. The molecule has 1 aliphatic heterocycles. The van der Waals surface area contributed by atoms with Gasteiger partial charge >= 0.3 is 0 Å². The molecule has 1 heterocycles. The van der Waals surface area contributed by atoms with Crippen molar-refractivity contribution in [2.24, 2.45) is 0 Å². The van der Waals surface area contributed by atoms with Gasteiger partial charge in [0.1, 0.15) is 5.75 Å². The van der Waals surface area contributed by atoms with Crippen LogP contribution in [-0.4, -0.2) is 12.4 Å². The van der Waals surface area contributed by atoms with E-state index in [0.717, 1.165) is 23.3 Å². The van der Waals surface area contributed by atoms with Crippen molar-refractivity contribution in [3.63, 3.8) is 0 Å². The average Bonchev–Trinajstić information content (AvgIpc) is 2.29. The number of carbonyl (C=O) groups is 1. The number of carbonyl (C=O) groups excluding carboxylic acids is 1. The van der Waals surface area contributed by atoms with Crippen LogP contribution in [0.4, 0.5) is 0 Å². The highest BCUT2D eigenvalue weighted by atomic mass is 16.5. The van der Waals surface area contributed by atoms with Gasteiger partial charge in [0.15, 0.2) is 5.78 Å². The zero-order valence-electron chi connectivity index (χ0n) is 8.82. The molecule has 0 spiro atoms. The van der Waals surface area contributed by atoms with Crippen molar-refractivity contribution in [2.45, 2.75) is 19.8 Å². The molecule has 0 aromatic heterocycles. The Kier molecular flexibility index (Phi) is 2.86. The standard InChI is InChI=1S/C13H14O2/c1-2-11(14)9-10-7-8-15-13-6-4-3-5-12(10)13/h3-6,9H,2,7-8H2,1H3. The third-order valence-electron chi connectivity index (χ3n) is 2.55. The van der Waals surface area contributed by atoms with Crippen molar-refractivity contribution >= 4 is 11.4 Å². The number of allylic oxidation sites excluding steroid dienone is 1. The summed E-state index contributed by atoms with van der Waals surface area (Å²) in [4.78, 5) is 11.4. The Morgan fingerprint density at radius 1 is 1.47 bits per heavy atom. The molecular formula is C13H14O2. The lowest BCUT2D eigenvalue weighted by molar-refractivity contribution is -0.114. The molecule has 1 aliphatic rings. The lowest BCUT2D eigenvalue weighted by Gasteiger charge is -2.19. The summed E-state index contributed by atoms with van der Waals surface area (Å²) in [5, 5.41) is 0. The van der Waals surface area contributed by atoms with Crippen LogP contribution in [0.2, 0.25) is 0 Å². The molecule has 0 aliphatic carbocycles. The maximum Gasteiger partial charge on any atom is 0.155 e. The molecular weight excluding hydrogens is 188 g/mol. The van der Waals surface area contributed by atoms with Gasteiger partial charge in [-0.15, -0.1) is 0 Å². The van der Waals surface area contributed by atoms with Crippen LogP contribution in [-0.2, 0) is 4.79 Å². The Morgan fingerprint density at radius 2 is 2.27 bits per heavy atom. The number of hydrogen-bond acceptors (Lipinski definition) is 2. The summed E-state index contributed by atoms with van der Waals surface area (Å²) in [7, 11) is 0. The molecule has 0 radical (unpaired) electrons. The SMILES string of the molecule is CCC(=O)C=C1CCOc2ccccc21. The highest BCUT2D eigenvalue weighted by Crippen LogP contribution is 2.32. The van der Waals surface area contributed by atoms with Gasteiger partial charge in [-0.3, -0.25) is 4.79 Å². The summed E-state index contributed by atoms with van der Waals surface area (Å²) in [6.07, 6.45) is 3.14. The Hall–Kier alpha value is -1.57. The maximum atomic E-state index is 11.4. The van der Waals surface area contributed by atoms with Gasteiger partial charge in [0.25, 0.3) is 0 Å². The fourth-order valence-electron chi connectivity index (χ4n) is 1.71. The second-order valence-electron chi connectivity index (χ2n) is 3.58. The molecule has 2 rings (SSSR count). The van der Waals surface area contributed by atoms with Gasteiger partial charge in [-0.05, 0) is 17.7 Å². The molecule has 78 valence electrons. The van der Waals surface area contributed by atoms with Crippen molar-refractivity contribution < 1.29 is 9.53 Å². The minimum atomic E-state index is 0.182. The Labute approximate surface area is 89.6 Å². The van der Waals surface area contributed by atoms with Gasteiger partial charge in [0.2, 0.25) is 0 Å². The summed E-state index contributed by atoms with van der Waals surface area (Å²) >= 11 is 0. The number of para-hydroxylation sites is 1. The molecule has 0 saturated carbocycles. The third-order valence-corrected chi connectivity index (χ3v) is 2.55. The van der Waals surface area contributed by atoms with Gasteiger partial charge in [-0.1, -0.05) is 25.1 Å². The van der Waals surface area contributed by atoms with E-state index in [0.29, 0.717) is 13.0 Å². The molecule has 15 heavy (non-hydrogen) atoms. The molecule has 0 saturated heterocycles. The average molecular weight is 202 g/mol. The highest BCUT2D eigenvalue weighted by Gasteiger charge is 2.14. The van der Waals surface area contributed by atoms with E-state index in [4.69, 9.17) is 4.74 Å². The van der Waals surface area contributed by atoms with Crippen LogP contribution in [0.25, 0.3) is 5.57 Å². The normalized spacial score (nSPS) is 17.0. The van der Waals surface area contributed by atoms with E-state index in [9.17, 15) is 4.79 Å². The summed E-state index contributed by atoms with van der Waals surface area (Å²) in [5.74, 6) is 1.07. The fourth-order valence-corrected chi connectivity index (χ4v) is 1.71. The molecule has 0 unspecified atom stereocenters. The van der Waals surface area contributed by atoms with Gasteiger partial charge in [-0.2, -0.15) is 0 Å². The van der Waals surface area contributed by atoms with Crippen molar-refractivity contribution in [3.8, 4) is 5.75 Å². The highest BCUT2D eigenvalue weighted by molar-refractivity contribution is 5.97. The lowest BCUT2D eigenvalue weighted by atomic mass is 9.98. The molecule has 0 atom stereocenters. The van der Waals surface area contributed by atoms with Crippen LogP contribution in [0.15, 0.2) is 30.3 Å². The second-order valence-corrected chi connectivity index (χ2v) is 3.58. The first kappa shape index (κ1) is 9.97. The van der Waals surface area contributed by atoms with E-state index in [-0.39, 0.29) is 5.78 Å². The first-order chi connectivity index (χ1) is 7.31. The molecule has 0 bridgehead atoms. The Balaban J connectivity index is 2.37. The number of ketones is 1. The molecule has 2 heteroatoms. The molecule has 0 amide bonds. The van der Waals surface area contributed by atoms with Crippen LogP contribution in [0.5, 0.6) is 5.75 Å². The number of hydrogen-bond donors (Lipinski definition) is 0. The van der Waals surface area contributed by atoms with Crippen LogP contribution in [0.1, 0.15) is 25.3 Å². The van der Waals surface area contributed by atoms with Gasteiger partial charge < -0.3 is 4.74 Å². The molecule has 1 aromatic rings. The van der Waals surface area contributed by atoms with Crippen molar-refractivity contribution in [1.82, 2.24) is 0 Å². The van der Waals surface area contributed by atoms with Crippen LogP contribution in [0, 0.1) is 0 Å². The van der Waals surface area contributed by atoms with E-state index in [1.165, 1.54) is 0 Å². The molecule has 0 N–H and O–H groups in total. The quantitative estimate of drug-likeness (QED) is 0.689. The monoisotopic (exact) mass is 202 g/mol. The zero-order valence-corrected chi connectivity index (χ0v) is 8.82. The van der Waals surface area contributed by atoms with E-state index in [1.54, 1.807) is 6.08 Å². The topological polar surface area (TPSA) is 26.3 Å². The summed E-state index contributed by atoms with van der Waals surface area (Å²) < 4.78 is 5.52. The summed E-state index contributed by atoms with van der Waals surface area (Å²) in [6.45, 7) is 2.55. The van der Waals surface area contributed by atoms with Crippen molar-refractivity contribution in [3.05, 3.63) is 35.9 Å². The fraction of sp³-hybridized carbons (Fsp3) is 0.308. The lowest BCUT2D eigenvalue weighted by Crippen LogP contribution is -2.08. The Morgan fingerprint density at radius 3 is 3.07 bits per heavy atom. The number of fused-ring (bicyclic) bond motifs is 1. The van der Waals surface area contributed by atoms with E-state index in [1.807, 2.05) is 31.2 Å². The van der Waals surface area contributed by atoms with Crippen LogP contribution >= 0.6 is 0 Å². The van der Waals surface area contributed by atoms with Gasteiger partial charge in [-0.25, -0.2) is 0 Å². The van der Waals surface area contributed by atoms with Crippen molar-refractivity contribution in [1.29, 1.82) is 0 Å². The van der Waals surface area contributed by atoms with Crippen LogP contribution in [0.3, 0.4) is 0 Å². The summed E-state index contributed by atoms with van der Waals surface area (Å²) in [6, 6.07) is 7.86. The van der Waals surface area contributed by atoms with Gasteiger partial charge in [0.05, 0.1) is 6.61 Å². The maximum absolute atomic E-state index is 11.4. The van der Waals surface area contributed by atoms with E-state index >= 15 is 0 Å². The zero-order chi connectivity index (χ0) is 10.7. The smallest absolute Gasteiger partial charge is 0.155 e.